The Hall–Kier alpha value is -6.18. The first-order valence-electron chi connectivity index (χ1n) is 32.1. The lowest BCUT2D eigenvalue weighted by Gasteiger charge is -2.29. The zero-order valence-electron chi connectivity index (χ0n) is 60.0. The maximum atomic E-state index is 2.50. The fourth-order valence-corrected chi connectivity index (χ4v) is 10.6. The van der Waals surface area contributed by atoms with Gasteiger partial charge in [0.1, 0.15) is 0 Å². The molecule has 0 heterocycles. The normalized spacial score (nSPS) is 13.0. The van der Waals surface area contributed by atoms with E-state index >= 15 is 0 Å². The second-order valence-corrected chi connectivity index (χ2v) is 32.1. The molecule has 0 aliphatic carbocycles. The molecule has 0 saturated heterocycles. The first-order chi connectivity index (χ1) is 39.4. The van der Waals surface area contributed by atoms with Gasteiger partial charge in [-0.1, -0.05) is 365 Å². The van der Waals surface area contributed by atoms with Crippen LogP contribution in [0.15, 0.2) is 187 Å². The van der Waals surface area contributed by atoms with E-state index in [1.807, 2.05) is 0 Å². The summed E-state index contributed by atoms with van der Waals surface area (Å²) in [5.74, 6) is 0. The van der Waals surface area contributed by atoms with Gasteiger partial charge in [-0.15, -0.1) is 0 Å². The molecule has 0 aliphatic heterocycles. The molecule has 0 unspecified atom stereocenters. The van der Waals surface area contributed by atoms with E-state index < -0.39 is 0 Å². The van der Waals surface area contributed by atoms with E-state index in [2.05, 4.69) is 371 Å². The summed E-state index contributed by atoms with van der Waals surface area (Å²) in [6.45, 7) is 65.6. The highest BCUT2D eigenvalue weighted by molar-refractivity contribution is 6.91. The lowest BCUT2D eigenvalue weighted by atomic mass is 9.33. The Balaban J connectivity index is 0.000000299. The van der Waals surface area contributed by atoms with Gasteiger partial charge in [-0.25, -0.2) is 0 Å². The van der Waals surface area contributed by atoms with Crippen molar-refractivity contribution in [2.75, 3.05) is 0 Å². The summed E-state index contributed by atoms with van der Waals surface area (Å²) >= 11 is 0. The second kappa shape index (κ2) is 29.2. The molecule has 0 nitrogen and oxygen atoms in total. The molecule has 7 aromatic carbocycles. The van der Waals surface area contributed by atoms with E-state index in [4.69, 9.17) is 0 Å². The molecule has 0 amide bonds. The summed E-state index contributed by atoms with van der Waals surface area (Å²) in [5.41, 5.74) is 28.6. The van der Waals surface area contributed by atoms with Crippen molar-refractivity contribution >= 4 is 17.6 Å². The average molecular weight is 1150 g/mol. The third-order valence-corrected chi connectivity index (χ3v) is 16.9. The van der Waals surface area contributed by atoms with E-state index in [0.717, 1.165) is 6.42 Å². The van der Waals surface area contributed by atoms with Gasteiger partial charge in [-0.2, -0.15) is 0 Å². The van der Waals surface area contributed by atoms with Crippen LogP contribution in [0.5, 0.6) is 0 Å². The van der Waals surface area contributed by atoms with E-state index in [9.17, 15) is 0 Å². The first kappa shape index (κ1) is 72.3. The van der Waals surface area contributed by atoms with E-state index in [1.165, 1.54) is 111 Å². The summed E-state index contributed by atoms with van der Waals surface area (Å²) in [6, 6.07) is 57.1. The standard InChI is InChI=1S/C42H57B.C21H28.2C11H16/c1-15-16-29(2)25-32(5)37(26-33-19-23-34(24-20-33)40(6,7)8)43(38-27-35(41(9,10)11)21-17-30(38)3)39-28-36(42(12,13)14)22-18-31(39)4;1-15-8-11-18(21(5,6)7)14-19(15)16-9-12-17(13-10-16)20(2,3)4;2*1-9-5-7-10(8-6-9)11(2,3)4/h15-25,27-28H,26H2,1-14H3;8-14H,1-7H3;2*5-8H,1-4H3/b16-15+,29-25-,37-32+;;;. The highest BCUT2D eigenvalue weighted by Crippen LogP contribution is 2.33. The van der Waals surface area contributed by atoms with Gasteiger partial charge in [-0.3, -0.25) is 0 Å². The highest BCUT2D eigenvalue weighted by Gasteiger charge is 2.31. The smallest absolute Gasteiger partial charge is 0.0874 e. The zero-order chi connectivity index (χ0) is 65.1. The molecule has 0 aliphatic rings. The number of aryl methyl sites for hydroxylation is 5. The molecule has 0 saturated carbocycles. The molecule has 86 heavy (non-hydrogen) atoms. The van der Waals surface area contributed by atoms with Crippen LogP contribution in [-0.2, 0) is 44.3 Å². The Labute approximate surface area is 529 Å². The van der Waals surface area contributed by atoms with E-state index in [-0.39, 0.29) is 44.6 Å². The number of rotatable bonds is 8. The fraction of sp³-hybridized carbons (Fsp3) is 0.435. The minimum atomic E-state index is 0.0689. The predicted molar refractivity (Wildman–Crippen MR) is 389 cm³/mol. The predicted octanol–water partition coefficient (Wildman–Crippen LogP) is 23.3. The molecular weight excluding hydrogens is 1030 g/mol. The summed E-state index contributed by atoms with van der Waals surface area (Å²) < 4.78 is 0. The van der Waals surface area contributed by atoms with Gasteiger partial charge in [-0.05, 0) is 161 Å². The maximum Gasteiger partial charge on any atom is 0.238 e. The van der Waals surface area contributed by atoms with Gasteiger partial charge in [0.15, 0.2) is 0 Å². The van der Waals surface area contributed by atoms with Crippen molar-refractivity contribution in [2.24, 2.45) is 0 Å². The van der Waals surface area contributed by atoms with Crippen LogP contribution in [-0.4, -0.2) is 6.71 Å². The van der Waals surface area contributed by atoms with Crippen molar-refractivity contribution in [2.45, 2.75) is 245 Å². The topological polar surface area (TPSA) is 0 Å². The average Bonchev–Trinajstić information content (AvgIpc) is 3.07. The number of allylic oxidation sites excluding steroid dienone is 6. The Bertz CT molecular complexity index is 3250. The lowest BCUT2D eigenvalue weighted by Crippen LogP contribution is -2.48. The van der Waals surface area contributed by atoms with Crippen LogP contribution in [0.1, 0.15) is 238 Å². The summed E-state index contributed by atoms with van der Waals surface area (Å²) in [4.78, 5) is 0. The Kier molecular flexibility index (Phi) is 24.6. The number of hydrogen-bond donors (Lipinski definition) is 0. The monoisotopic (exact) mass is 1150 g/mol. The molecule has 0 bridgehead atoms. The molecule has 1 heteroatoms. The maximum absolute atomic E-state index is 2.50. The van der Waals surface area contributed by atoms with Crippen molar-refractivity contribution in [3.63, 3.8) is 0 Å². The minimum absolute atomic E-state index is 0.0689. The largest absolute Gasteiger partial charge is 0.238 e. The SMILES string of the molecule is C/C=C/C(C)=C\C(C)=C(/Cc1ccc(C(C)(C)C)cc1)B(c1cc(C(C)(C)C)ccc1C)c1cc(C(C)(C)C)ccc1C.Cc1ccc(C(C)(C)C)cc1.Cc1ccc(C(C)(C)C)cc1.Cc1ccc(C(C)(C)C)cc1-c1ccc(C(C)(C)C)cc1. The Morgan fingerprint density at radius 1 is 0.349 bits per heavy atom. The Morgan fingerprint density at radius 2 is 0.640 bits per heavy atom. The van der Waals surface area contributed by atoms with E-state index in [1.54, 1.807) is 0 Å². The van der Waals surface area contributed by atoms with Gasteiger partial charge in [0.25, 0.3) is 0 Å². The van der Waals surface area contributed by atoms with Crippen molar-refractivity contribution < 1.29 is 0 Å². The minimum Gasteiger partial charge on any atom is -0.0874 e. The van der Waals surface area contributed by atoms with Crippen LogP contribution >= 0.6 is 0 Å². The third kappa shape index (κ3) is 21.6. The van der Waals surface area contributed by atoms with Gasteiger partial charge < -0.3 is 0 Å². The molecular formula is C85H117B. The highest BCUT2D eigenvalue weighted by atomic mass is 14.3. The van der Waals surface area contributed by atoms with Gasteiger partial charge >= 0.3 is 0 Å². The molecule has 460 valence electrons. The molecule has 0 N–H and O–H groups in total. The van der Waals surface area contributed by atoms with Crippen LogP contribution in [0, 0.1) is 34.6 Å². The lowest BCUT2D eigenvalue weighted by molar-refractivity contribution is 0.589. The van der Waals surface area contributed by atoms with Crippen LogP contribution in [0.2, 0.25) is 0 Å². The van der Waals surface area contributed by atoms with Crippen molar-refractivity contribution in [1.82, 2.24) is 0 Å². The second-order valence-electron chi connectivity index (χ2n) is 32.1. The van der Waals surface area contributed by atoms with Crippen LogP contribution in [0.25, 0.3) is 11.1 Å². The zero-order valence-corrected chi connectivity index (χ0v) is 60.0. The molecule has 0 fully saturated rings. The first-order valence-corrected chi connectivity index (χ1v) is 32.1. The molecule has 0 spiro atoms. The van der Waals surface area contributed by atoms with Crippen LogP contribution in [0.4, 0.5) is 0 Å². The quantitative estimate of drug-likeness (QED) is 0.105. The van der Waals surface area contributed by atoms with Crippen molar-refractivity contribution in [3.8, 4) is 11.1 Å². The van der Waals surface area contributed by atoms with Gasteiger partial charge in [0.2, 0.25) is 6.71 Å². The molecule has 0 aromatic heterocycles. The summed E-state index contributed by atoms with van der Waals surface area (Å²) in [6.07, 6.45) is 7.64. The molecule has 0 atom stereocenters. The van der Waals surface area contributed by atoms with E-state index in [0.29, 0.717) is 0 Å². The molecule has 7 rings (SSSR count). The third-order valence-electron chi connectivity index (χ3n) is 16.9. The molecule has 7 aromatic rings. The van der Waals surface area contributed by atoms with Crippen molar-refractivity contribution in [1.29, 1.82) is 0 Å². The van der Waals surface area contributed by atoms with Gasteiger partial charge in [0, 0.05) is 0 Å². The van der Waals surface area contributed by atoms with Crippen LogP contribution < -0.4 is 10.9 Å². The fourth-order valence-electron chi connectivity index (χ4n) is 10.6. The summed E-state index contributed by atoms with van der Waals surface area (Å²) in [5, 5.41) is 0. The number of benzene rings is 7. The molecule has 0 radical (unpaired) electrons. The van der Waals surface area contributed by atoms with Crippen molar-refractivity contribution in [3.05, 3.63) is 259 Å². The van der Waals surface area contributed by atoms with Gasteiger partial charge in [0.05, 0.1) is 0 Å². The number of hydrogen-bond acceptors (Lipinski definition) is 0. The Morgan fingerprint density at radius 3 is 0.965 bits per heavy atom. The summed E-state index contributed by atoms with van der Waals surface area (Å²) in [7, 11) is 0. The van der Waals surface area contributed by atoms with Crippen LogP contribution in [0.3, 0.4) is 0 Å².